The third-order valence-corrected chi connectivity index (χ3v) is 2.70. The van der Waals surface area contributed by atoms with Gasteiger partial charge in [-0.25, -0.2) is 4.39 Å². The molecule has 0 saturated carbocycles. The topological polar surface area (TPSA) is 73.1 Å². The number of hydrogen-bond acceptors (Lipinski definition) is 3. The minimum atomic E-state index is -0.647. The van der Waals surface area contributed by atoms with Gasteiger partial charge in [0.1, 0.15) is 23.2 Å². The van der Waals surface area contributed by atoms with Crippen LogP contribution in [0.2, 0.25) is 0 Å². The maximum atomic E-state index is 13.5. The first-order chi connectivity index (χ1) is 10.1. The zero-order chi connectivity index (χ0) is 15.2. The van der Waals surface area contributed by atoms with Gasteiger partial charge >= 0.3 is 0 Å². The lowest BCUT2D eigenvalue weighted by atomic mass is 10.1. The molecule has 2 N–H and O–H groups in total. The van der Waals surface area contributed by atoms with Gasteiger partial charge in [-0.2, -0.15) is 5.26 Å². The summed E-state index contributed by atoms with van der Waals surface area (Å²) in [6.07, 6.45) is 1.19. The molecule has 0 radical (unpaired) electrons. The van der Waals surface area contributed by atoms with Crippen molar-refractivity contribution in [2.75, 3.05) is 5.32 Å². The summed E-state index contributed by atoms with van der Waals surface area (Å²) in [6.45, 7) is 0. The van der Waals surface area contributed by atoms with Crippen LogP contribution in [0, 0.1) is 17.1 Å². The smallest absolute Gasteiger partial charge is 0.266 e. The molecule has 0 heterocycles. The van der Waals surface area contributed by atoms with Crippen LogP contribution in [-0.4, -0.2) is 11.0 Å². The SMILES string of the molecule is N#CC(=Cc1ccccc1F)C(=O)Nc1ccc(O)cc1. The molecule has 0 fully saturated rings. The van der Waals surface area contributed by atoms with E-state index in [1.807, 2.05) is 0 Å². The van der Waals surface area contributed by atoms with Crippen molar-refractivity contribution in [1.82, 2.24) is 0 Å². The Hall–Kier alpha value is -3.13. The van der Waals surface area contributed by atoms with E-state index < -0.39 is 11.7 Å². The molecular weight excluding hydrogens is 271 g/mol. The Labute approximate surface area is 120 Å². The van der Waals surface area contributed by atoms with Crippen molar-refractivity contribution in [3.05, 3.63) is 65.5 Å². The molecule has 104 valence electrons. The summed E-state index contributed by atoms with van der Waals surface area (Å²) in [6, 6.07) is 13.4. The van der Waals surface area contributed by atoms with Gasteiger partial charge in [0.25, 0.3) is 5.91 Å². The molecule has 0 aliphatic rings. The van der Waals surface area contributed by atoms with E-state index in [0.717, 1.165) is 0 Å². The number of nitrogens with one attached hydrogen (secondary N) is 1. The quantitative estimate of drug-likeness (QED) is 0.516. The van der Waals surface area contributed by atoms with Crippen LogP contribution in [0.3, 0.4) is 0 Å². The van der Waals surface area contributed by atoms with Crippen LogP contribution in [-0.2, 0) is 4.79 Å². The zero-order valence-corrected chi connectivity index (χ0v) is 10.9. The molecule has 2 aromatic rings. The van der Waals surface area contributed by atoms with Crippen molar-refractivity contribution in [2.45, 2.75) is 0 Å². The summed E-state index contributed by atoms with van der Waals surface area (Å²) >= 11 is 0. The van der Waals surface area contributed by atoms with E-state index in [1.54, 1.807) is 12.1 Å². The Balaban J connectivity index is 2.22. The van der Waals surface area contributed by atoms with Gasteiger partial charge in [-0.3, -0.25) is 4.79 Å². The van der Waals surface area contributed by atoms with E-state index in [-0.39, 0.29) is 16.9 Å². The van der Waals surface area contributed by atoms with Crippen LogP contribution < -0.4 is 5.32 Å². The van der Waals surface area contributed by atoms with Crippen molar-refractivity contribution in [3.8, 4) is 11.8 Å². The Morgan fingerprint density at radius 2 is 1.86 bits per heavy atom. The summed E-state index contributed by atoms with van der Waals surface area (Å²) in [5.74, 6) is -1.09. The highest BCUT2D eigenvalue weighted by atomic mass is 19.1. The number of hydrogen-bond donors (Lipinski definition) is 2. The molecule has 0 unspecified atom stereocenters. The standard InChI is InChI=1S/C16H11FN2O2/c17-15-4-2-1-3-11(15)9-12(10-18)16(21)19-13-5-7-14(20)8-6-13/h1-9,20H,(H,19,21). The fraction of sp³-hybridized carbons (Fsp3) is 0. The Kier molecular flexibility index (Phi) is 4.32. The molecule has 5 heteroatoms. The highest BCUT2D eigenvalue weighted by Crippen LogP contribution is 2.16. The highest BCUT2D eigenvalue weighted by molar-refractivity contribution is 6.09. The number of carbonyl (C=O) groups is 1. The van der Waals surface area contributed by atoms with Gasteiger partial charge in [-0.15, -0.1) is 0 Å². The fourth-order valence-corrected chi connectivity index (χ4v) is 1.64. The van der Waals surface area contributed by atoms with Crippen molar-refractivity contribution < 1.29 is 14.3 Å². The number of rotatable bonds is 3. The number of phenolic OH excluding ortho intramolecular Hbond substituents is 1. The fourth-order valence-electron chi connectivity index (χ4n) is 1.64. The zero-order valence-electron chi connectivity index (χ0n) is 10.9. The second-order valence-corrected chi connectivity index (χ2v) is 4.19. The van der Waals surface area contributed by atoms with Crippen LogP contribution in [0.25, 0.3) is 6.08 Å². The Bertz CT molecular complexity index is 731. The van der Waals surface area contributed by atoms with E-state index in [2.05, 4.69) is 5.32 Å². The highest BCUT2D eigenvalue weighted by Gasteiger charge is 2.10. The third-order valence-electron chi connectivity index (χ3n) is 2.70. The second-order valence-electron chi connectivity index (χ2n) is 4.19. The monoisotopic (exact) mass is 282 g/mol. The van der Waals surface area contributed by atoms with Gasteiger partial charge in [0, 0.05) is 11.3 Å². The second kappa shape index (κ2) is 6.35. The van der Waals surface area contributed by atoms with Crippen LogP contribution in [0.4, 0.5) is 10.1 Å². The lowest BCUT2D eigenvalue weighted by molar-refractivity contribution is -0.112. The molecule has 1 amide bonds. The maximum Gasteiger partial charge on any atom is 0.266 e. The van der Waals surface area contributed by atoms with Crippen LogP contribution >= 0.6 is 0 Å². The average Bonchev–Trinajstić information content (AvgIpc) is 2.48. The summed E-state index contributed by atoms with van der Waals surface area (Å²) in [4.78, 5) is 12.0. The largest absolute Gasteiger partial charge is 0.508 e. The van der Waals surface area contributed by atoms with Crippen molar-refractivity contribution in [3.63, 3.8) is 0 Å². The molecule has 0 saturated heterocycles. The molecule has 0 bridgehead atoms. The predicted octanol–water partition coefficient (Wildman–Crippen LogP) is 3.08. The molecule has 21 heavy (non-hydrogen) atoms. The van der Waals surface area contributed by atoms with Crippen LogP contribution in [0.5, 0.6) is 5.75 Å². The van der Waals surface area contributed by atoms with Gasteiger partial charge in [-0.1, -0.05) is 18.2 Å². The number of aromatic hydroxyl groups is 1. The van der Waals surface area contributed by atoms with Crippen molar-refractivity contribution in [1.29, 1.82) is 5.26 Å². The minimum Gasteiger partial charge on any atom is -0.508 e. The Morgan fingerprint density at radius 1 is 1.19 bits per heavy atom. The molecule has 0 aliphatic heterocycles. The normalized spacial score (nSPS) is 10.8. The molecule has 0 spiro atoms. The van der Waals surface area contributed by atoms with Gasteiger partial charge in [0.2, 0.25) is 0 Å². The molecule has 0 atom stereocenters. The van der Waals surface area contributed by atoms with Gasteiger partial charge in [0.15, 0.2) is 0 Å². The van der Waals surface area contributed by atoms with Crippen LogP contribution in [0.15, 0.2) is 54.1 Å². The lowest BCUT2D eigenvalue weighted by Gasteiger charge is -2.04. The maximum absolute atomic E-state index is 13.5. The van der Waals surface area contributed by atoms with E-state index in [0.29, 0.717) is 5.69 Å². The summed E-state index contributed by atoms with van der Waals surface area (Å²) in [5.41, 5.74) is 0.371. The number of anilines is 1. The number of carbonyl (C=O) groups excluding carboxylic acids is 1. The van der Waals surface area contributed by atoms with E-state index in [4.69, 9.17) is 10.4 Å². The van der Waals surface area contributed by atoms with E-state index >= 15 is 0 Å². The Morgan fingerprint density at radius 3 is 2.48 bits per heavy atom. The predicted molar refractivity (Wildman–Crippen MR) is 76.7 cm³/mol. The van der Waals surface area contributed by atoms with Gasteiger partial charge < -0.3 is 10.4 Å². The molecule has 2 aromatic carbocycles. The number of phenols is 1. The molecule has 0 aliphatic carbocycles. The number of benzene rings is 2. The number of nitrogens with zero attached hydrogens (tertiary/aromatic N) is 1. The van der Waals surface area contributed by atoms with Gasteiger partial charge in [-0.05, 0) is 36.4 Å². The first kappa shape index (κ1) is 14.3. The first-order valence-electron chi connectivity index (χ1n) is 6.07. The summed E-state index contributed by atoms with van der Waals surface area (Å²) < 4.78 is 13.5. The van der Waals surface area contributed by atoms with Gasteiger partial charge in [0.05, 0.1) is 0 Å². The van der Waals surface area contributed by atoms with Crippen molar-refractivity contribution in [2.24, 2.45) is 0 Å². The number of nitriles is 1. The first-order valence-corrected chi connectivity index (χ1v) is 6.07. The summed E-state index contributed by atoms with van der Waals surface area (Å²) in [7, 11) is 0. The number of halogens is 1. The van der Waals surface area contributed by atoms with Crippen molar-refractivity contribution >= 4 is 17.7 Å². The average molecular weight is 282 g/mol. The number of amides is 1. The minimum absolute atomic E-state index is 0.0652. The summed E-state index contributed by atoms with van der Waals surface area (Å²) in [5, 5.41) is 20.7. The molecule has 4 nitrogen and oxygen atoms in total. The molecule has 2 rings (SSSR count). The van der Waals surface area contributed by atoms with Crippen LogP contribution in [0.1, 0.15) is 5.56 Å². The lowest BCUT2D eigenvalue weighted by Crippen LogP contribution is -2.13. The van der Waals surface area contributed by atoms with E-state index in [9.17, 15) is 9.18 Å². The van der Waals surface area contributed by atoms with E-state index in [1.165, 1.54) is 48.5 Å². The third kappa shape index (κ3) is 3.67. The molecular formula is C16H11FN2O2. The molecule has 0 aromatic heterocycles.